The molecule has 0 radical (unpaired) electrons. The Balaban J connectivity index is 1.68. The lowest BCUT2D eigenvalue weighted by atomic mass is 10.3. The molecule has 1 aromatic heterocycles. The summed E-state index contributed by atoms with van der Waals surface area (Å²) in [4.78, 5) is 22.9. The predicted molar refractivity (Wildman–Crippen MR) is 74.6 cm³/mol. The van der Waals surface area contributed by atoms with Crippen LogP contribution in [0.3, 0.4) is 0 Å². The molecule has 1 heterocycles. The van der Waals surface area contributed by atoms with Crippen LogP contribution >= 0.6 is 11.3 Å². The van der Waals surface area contributed by atoms with E-state index in [1.54, 1.807) is 11.4 Å². The number of carbonyl (C=O) groups excluding carboxylic acids is 2. The number of amides is 2. The van der Waals surface area contributed by atoms with Crippen LogP contribution < -0.4 is 10.0 Å². The summed E-state index contributed by atoms with van der Waals surface area (Å²) in [6.45, 7) is 0.391. The highest BCUT2D eigenvalue weighted by Gasteiger charge is 2.29. The van der Waals surface area contributed by atoms with Gasteiger partial charge in [0.1, 0.15) is 4.21 Å². The summed E-state index contributed by atoms with van der Waals surface area (Å²) in [5.74, 6) is -0.390. The maximum Gasteiger partial charge on any atom is 0.273 e. The first kappa shape index (κ1) is 15.0. The molecule has 0 aromatic carbocycles. The van der Waals surface area contributed by atoms with Crippen LogP contribution in [0.15, 0.2) is 21.7 Å². The maximum absolute atomic E-state index is 11.8. The van der Waals surface area contributed by atoms with Crippen LogP contribution in [-0.4, -0.2) is 26.8 Å². The zero-order chi connectivity index (χ0) is 14.6. The van der Waals surface area contributed by atoms with Gasteiger partial charge in [0, 0.05) is 18.9 Å². The number of nitrogens with one attached hydrogen (secondary N) is 2. The largest absolute Gasteiger partial charge is 0.356 e. The van der Waals surface area contributed by atoms with Crippen molar-refractivity contribution in [3.05, 3.63) is 17.5 Å². The van der Waals surface area contributed by atoms with E-state index in [1.165, 1.54) is 6.07 Å². The fourth-order valence-corrected chi connectivity index (χ4v) is 3.62. The van der Waals surface area contributed by atoms with E-state index in [-0.39, 0.29) is 22.5 Å². The van der Waals surface area contributed by atoms with Gasteiger partial charge < -0.3 is 5.32 Å². The Morgan fingerprint density at radius 2 is 2.10 bits per heavy atom. The molecule has 2 N–H and O–H groups in total. The minimum atomic E-state index is -3.74. The Morgan fingerprint density at radius 1 is 1.35 bits per heavy atom. The summed E-state index contributed by atoms with van der Waals surface area (Å²) in [6, 6.07) is 3.05. The van der Waals surface area contributed by atoms with Gasteiger partial charge in [-0.2, -0.15) is 0 Å². The normalized spacial score (nSPS) is 14.8. The Labute approximate surface area is 121 Å². The molecule has 0 spiro atoms. The summed E-state index contributed by atoms with van der Waals surface area (Å²) in [5, 5.41) is 4.36. The van der Waals surface area contributed by atoms with Gasteiger partial charge in [-0.25, -0.2) is 13.1 Å². The third kappa shape index (κ3) is 4.31. The Kier molecular flexibility index (Phi) is 4.77. The molecule has 0 bridgehead atoms. The summed E-state index contributed by atoms with van der Waals surface area (Å²) in [7, 11) is -3.74. The van der Waals surface area contributed by atoms with Crippen LogP contribution in [-0.2, 0) is 19.6 Å². The van der Waals surface area contributed by atoms with Gasteiger partial charge in [0.2, 0.25) is 11.8 Å². The molecule has 0 aliphatic heterocycles. The van der Waals surface area contributed by atoms with Gasteiger partial charge in [0.25, 0.3) is 10.0 Å². The summed E-state index contributed by atoms with van der Waals surface area (Å²) >= 11 is 1.05. The lowest BCUT2D eigenvalue weighted by Gasteiger charge is -2.06. The molecule has 2 amide bonds. The molecular weight excluding hydrogens is 300 g/mol. The molecule has 0 unspecified atom stereocenters. The molecule has 20 heavy (non-hydrogen) atoms. The summed E-state index contributed by atoms with van der Waals surface area (Å²) < 4.78 is 25.6. The van der Waals surface area contributed by atoms with E-state index in [1.807, 2.05) is 4.72 Å². The minimum Gasteiger partial charge on any atom is -0.356 e. The van der Waals surface area contributed by atoms with E-state index in [2.05, 4.69) is 5.32 Å². The topological polar surface area (TPSA) is 92.3 Å². The molecule has 6 nitrogen and oxygen atoms in total. The monoisotopic (exact) mass is 316 g/mol. The standard InChI is InChI=1S/C12H16N2O4S2/c15-10(3-1-7-13-12(16)9-5-6-9)14-20(17,18)11-4-2-8-19-11/h2,4,8-9H,1,3,5-7H2,(H,13,16)(H,14,15). The molecule has 1 aliphatic carbocycles. The van der Waals surface area contributed by atoms with Crippen molar-refractivity contribution in [3.63, 3.8) is 0 Å². The molecule has 0 saturated heterocycles. The van der Waals surface area contributed by atoms with Gasteiger partial charge in [-0.3, -0.25) is 9.59 Å². The number of thiophene rings is 1. The fraction of sp³-hybridized carbons (Fsp3) is 0.500. The molecule has 2 rings (SSSR count). The minimum absolute atomic E-state index is 0.0246. The van der Waals surface area contributed by atoms with Crippen LogP contribution in [0, 0.1) is 5.92 Å². The van der Waals surface area contributed by atoms with Crippen LogP contribution in [0.1, 0.15) is 25.7 Å². The third-order valence-corrected chi connectivity index (χ3v) is 5.61. The fourth-order valence-electron chi connectivity index (χ4n) is 1.62. The second-order valence-electron chi connectivity index (χ2n) is 4.63. The van der Waals surface area contributed by atoms with Crippen molar-refractivity contribution in [2.75, 3.05) is 6.54 Å². The predicted octanol–water partition coefficient (Wildman–Crippen LogP) is 0.859. The highest BCUT2D eigenvalue weighted by molar-refractivity contribution is 7.92. The molecule has 0 atom stereocenters. The Bertz CT molecular complexity index is 577. The van der Waals surface area contributed by atoms with Crippen LogP contribution in [0.25, 0.3) is 0 Å². The summed E-state index contributed by atoms with van der Waals surface area (Å²) in [6.07, 6.45) is 2.36. The van der Waals surface area contributed by atoms with Crippen LogP contribution in [0.2, 0.25) is 0 Å². The van der Waals surface area contributed by atoms with E-state index in [0.717, 1.165) is 24.2 Å². The SMILES string of the molecule is O=C(CCCNC(=O)C1CC1)NS(=O)(=O)c1cccs1. The van der Waals surface area contributed by atoms with Crippen molar-refractivity contribution in [1.82, 2.24) is 10.0 Å². The van der Waals surface area contributed by atoms with E-state index >= 15 is 0 Å². The first-order valence-electron chi connectivity index (χ1n) is 6.36. The average Bonchev–Trinajstić information content (AvgIpc) is 3.08. The van der Waals surface area contributed by atoms with Crippen LogP contribution in [0.4, 0.5) is 0 Å². The lowest BCUT2D eigenvalue weighted by Crippen LogP contribution is -2.31. The van der Waals surface area contributed by atoms with Gasteiger partial charge >= 0.3 is 0 Å². The maximum atomic E-state index is 11.8. The van der Waals surface area contributed by atoms with Gasteiger partial charge in [-0.1, -0.05) is 6.07 Å². The van der Waals surface area contributed by atoms with Crippen molar-refractivity contribution in [3.8, 4) is 0 Å². The second kappa shape index (κ2) is 6.36. The highest BCUT2D eigenvalue weighted by atomic mass is 32.2. The zero-order valence-corrected chi connectivity index (χ0v) is 12.4. The van der Waals surface area contributed by atoms with E-state index in [4.69, 9.17) is 0 Å². The molecule has 1 fully saturated rings. The molecule has 8 heteroatoms. The smallest absolute Gasteiger partial charge is 0.273 e. The van der Waals surface area contributed by atoms with E-state index in [0.29, 0.717) is 13.0 Å². The van der Waals surface area contributed by atoms with Gasteiger partial charge in [-0.05, 0) is 30.7 Å². The number of rotatable bonds is 7. The van der Waals surface area contributed by atoms with E-state index < -0.39 is 15.9 Å². The molecule has 1 saturated carbocycles. The molecule has 1 aliphatic rings. The first-order valence-corrected chi connectivity index (χ1v) is 8.72. The van der Waals surface area contributed by atoms with E-state index in [9.17, 15) is 18.0 Å². The third-order valence-electron chi connectivity index (χ3n) is 2.84. The molecule has 110 valence electrons. The number of carbonyl (C=O) groups is 2. The van der Waals surface area contributed by atoms with Crippen molar-refractivity contribution in [1.29, 1.82) is 0 Å². The van der Waals surface area contributed by atoms with Gasteiger partial charge in [-0.15, -0.1) is 11.3 Å². The zero-order valence-electron chi connectivity index (χ0n) is 10.8. The van der Waals surface area contributed by atoms with Gasteiger partial charge in [0.15, 0.2) is 0 Å². The van der Waals surface area contributed by atoms with Gasteiger partial charge in [0.05, 0.1) is 0 Å². The van der Waals surface area contributed by atoms with Crippen molar-refractivity contribution in [2.24, 2.45) is 5.92 Å². The number of hydrogen-bond donors (Lipinski definition) is 2. The summed E-state index contributed by atoms with van der Waals surface area (Å²) in [5.41, 5.74) is 0. The van der Waals surface area contributed by atoms with Crippen molar-refractivity contribution >= 4 is 33.2 Å². The highest BCUT2D eigenvalue weighted by Crippen LogP contribution is 2.28. The number of hydrogen-bond acceptors (Lipinski definition) is 5. The Hall–Kier alpha value is -1.41. The molecular formula is C12H16N2O4S2. The lowest BCUT2D eigenvalue weighted by molar-refractivity contribution is -0.123. The van der Waals surface area contributed by atoms with Crippen molar-refractivity contribution in [2.45, 2.75) is 29.9 Å². The average molecular weight is 316 g/mol. The Morgan fingerprint density at radius 3 is 2.70 bits per heavy atom. The van der Waals surface area contributed by atoms with Crippen LogP contribution in [0.5, 0.6) is 0 Å². The quantitative estimate of drug-likeness (QED) is 0.730. The van der Waals surface area contributed by atoms with Crippen molar-refractivity contribution < 1.29 is 18.0 Å². The molecule has 1 aromatic rings. The second-order valence-corrected chi connectivity index (χ2v) is 7.49. The first-order chi connectivity index (χ1) is 9.49. The number of sulfonamides is 1.